The predicted molar refractivity (Wildman–Crippen MR) is 88.5 cm³/mol. The first-order valence-corrected chi connectivity index (χ1v) is 8.17. The van der Waals surface area contributed by atoms with Crippen LogP contribution in [0.25, 0.3) is 0 Å². The Morgan fingerprint density at radius 1 is 1.40 bits per heavy atom. The summed E-state index contributed by atoms with van der Waals surface area (Å²) in [7, 11) is 0. The number of hydrogen-bond acceptors (Lipinski definition) is 3. The maximum Gasteiger partial charge on any atom is 0.0904 e. The Bertz CT molecular complexity index is 600. The van der Waals surface area contributed by atoms with Crippen LogP contribution in [0.3, 0.4) is 0 Å². The van der Waals surface area contributed by atoms with E-state index in [4.69, 9.17) is 17.4 Å². The molecule has 1 heterocycles. The molecule has 1 aromatic carbocycles. The second-order valence-electron chi connectivity index (χ2n) is 4.34. The second-order valence-corrected chi connectivity index (χ2v) is 6.43. The normalized spacial score (nSPS) is 12.7. The van der Waals surface area contributed by atoms with Crippen molar-refractivity contribution < 1.29 is 0 Å². The maximum atomic E-state index is 6.38. The summed E-state index contributed by atoms with van der Waals surface area (Å²) in [4.78, 5) is 0. The molecule has 0 spiro atoms. The van der Waals surface area contributed by atoms with Gasteiger partial charge in [0.05, 0.1) is 27.4 Å². The van der Waals surface area contributed by atoms with Gasteiger partial charge in [0.25, 0.3) is 0 Å². The van der Waals surface area contributed by atoms with Crippen LogP contribution in [-0.2, 0) is 6.54 Å². The zero-order valence-corrected chi connectivity index (χ0v) is 14.8. The fourth-order valence-corrected chi connectivity index (χ4v) is 3.25. The molecule has 1 unspecified atom stereocenters. The molecule has 0 fully saturated rings. The Hall–Kier alpha value is -0.400. The molecule has 7 heteroatoms. The smallest absolute Gasteiger partial charge is 0.0904 e. The Labute approximate surface area is 139 Å². The highest BCUT2D eigenvalue weighted by Crippen LogP contribution is 2.35. The lowest BCUT2D eigenvalue weighted by Crippen LogP contribution is -2.31. The number of hydrogen-bond donors (Lipinski definition) is 2. The Morgan fingerprint density at radius 3 is 2.80 bits per heavy atom. The van der Waals surface area contributed by atoms with E-state index in [0.29, 0.717) is 5.02 Å². The van der Waals surface area contributed by atoms with Crippen molar-refractivity contribution in [1.82, 2.24) is 15.2 Å². The molecular weight excluding hydrogens is 407 g/mol. The van der Waals surface area contributed by atoms with Crippen LogP contribution in [0.15, 0.2) is 33.3 Å². The van der Waals surface area contributed by atoms with Crippen molar-refractivity contribution in [2.24, 2.45) is 5.84 Å². The monoisotopic (exact) mass is 420 g/mol. The summed E-state index contributed by atoms with van der Waals surface area (Å²) < 4.78 is 3.69. The Kier molecular flexibility index (Phi) is 5.63. The van der Waals surface area contributed by atoms with E-state index in [0.717, 1.165) is 33.2 Å². The minimum Gasteiger partial charge on any atom is -0.271 e. The third-order valence-corrected chi connectivity index (χ3v) is 4.92. The number of hydrazine groups is 1. The standard InChI is InChI=1S/C13H15Br2ClN4/c1-2-6-20-13(10(15)7-18-20)12(19-17)8-4-3-5-9(14)11(8)16/h3-5,7,12,19H,2,6,17H2,1H3. The van der Waals surface area contributed by atoms with Crippen molar-refractivity contribution in [3.8, 4) is 0 Å². The average Bonchev–Trinajstić information content (AvgIpc) is 2.78. The highest BCUT2D eigenvalue weighted by atomic mass is 79.9. The summed E-state index contributed by atoms with van der Waals surface area (Å²) in [6.07, 6.45) is 2.77. The number of benzene rings is 1. The van der Waals surface area contributed by atoms with Gasteiger partial charge in [-0.25, -0.2) is 5.43 Å². The van der Waals surface area contributed by atoms with Crippen LogP contribution in [0.5, 0.6) is 0 Å². The Morgan fingerprint density at radius 2 is 2.15 bits per heavy atom. The SMILES string of the molecule is CCCn1ncc(Br)c1C(NN)c1cccc(Br)c1Cl. The number of nitrogens with two attached hydrogens (primary N) is 1. The molecule has 0 amide bonds. The molecule has 1 atom stereocenters. The van der Waals surface area contributed by atoms with Gasteiger partial charge in [-0.05, 0) is 49.9 Å². The van der Waals surface area contributed by atoms with Gasteiger partial charge in [0.1, 0.15) is 0 Å². The van der Waals surface area contributed by atoms with Crippen molar-refractivity contribution in [3.63, 3.8) is 0 Å². The van der Waals surface area contributed by atoms with E-state index in [2.05, 4.69) is 49.3 Å². The molecular formula is C13H15Br2ClN4. The van der Waals surface area contributed by atoms with Gasteiger partial charge in [0.2, 0.25) is 0 Å². The molecule has 0 saturated heterocycles. The van der Waals surface area contributed by atoms with Gasteiger partial charge >= 0.3 is 0 Å². The van der Waals surface area contributed by atoms with Gasteiger partial charge in [0.15, 0.2) is 0 Å². The van der Waals surface area contributed by atoms with E-state index in [1.807, 2.05) is 22.9 Å². The number of nitrogens with one attached hydrogen (secondary N) is 1. The van der Waals surface area contributed by atoms with E-state index in [9.17, 15) is 0 Å². The summed E-state index contributed by atoms with van der Waals surface area (Å²) in [5.41, 5.74) is 4.70. The lowest BCUT2D eigenvalue weighted by Gasteiger charge is -2.20. The van der Waals surface area contributed by atoms with Crippen LogP contribution >= 0.6 is 43.5 Å². The topological polar surface area (TPSA) is 55.9 Å². The molecule has 4 nitrogen and oxygen atoms in total. The van der Waals surface area contributed by atoms with Crippen molar-refractivity contribution in [2.45, 2.75) is 25.9 Å². The zero-order chi connectivity index (χ0) is 14.7. The summed E-state index contributed by atoms with van der Waals surface area (Å²) in [6, 6.07) is 5.55. The molecule has 20 heavy (non-hydrogen) atoms. The van der Waals surface area contributed by atoms with Gasteiger partial charge in [-0.15, -0.1) is 0 Å². The second kappa shape index (κ2) is 7.04. The molecule has 0 bridgehead atoms. The lowest BCUT2D eigenvalue weighted by molar-refractivity contribution is 0.519. The minimum atomic E-state index is -0.233. The molecule has 0 aliphatic carbocycles. The molecule has 2 rings (SSSR count). The number of halogens is 3. The van der Waals surface area contributed by atoms with Crippen molar-refractivity contribution in [1.29, 1.82) is 0 Å². The van der Waals surface area contributed by atoms with Gasteiger partial charge in [0, 0.05) is 11.0 Å². The van der Waals surface area contributed by atoms with Crippen molar-refractivity contribution >= 4 is 43.5 Å². The van der Waals surface area contributed by atoms with E-state index >= 15 is 0 Å². The summed E-state index contributed by atoms with van der Waals surface area (Å²) in [6.45, 7) is 2.93. The number of aryl methyl sites for hydroxylation is 1. The fourth-order valence-electron chi connectivity index (χ4n) is 2.11. The van der Waals surface area contributed by atoms with Crippen LogP contribution < -0.4 is 11.3 Å². The van der Waals surface area contributed by atoms with Crippen LogP contribution in [0.1, 0.15) is 30.6 Å². The highest BCUT2D eigenvalue weighted by Gasteiger charge is 2.23. The zero-order valence-electron chi connectivity index (χ0n) is 10.9. The van der Waals surface area contributed by atoms with Crippen LogP contribution in [-0.4, -0.2) is 9.78 Å². The van der Waals surface area contributed by atoms with Crippen LogP contribution in [0, 0.1) is 0 Å². The molecule has 108 valence electrons. The molecule has 0 aliphatic heterocycles. The van der Waals surface area contributed by atoms with E-state index in [1.54, 1.807) is 6.20 Å². The highest BCUT2D eigenvalue weighted by molar-refractivity contribution is 9.10. The minimum absolute atomic E-state index is 0.233. The molecule has 3 N–H and O–H groups in total. The largest absolute Gasteiger partial charge is 0.271 e. The van der Waals surface area contributed by atoms with Gasteiger partial charge in [-0.2, -0.15) is 5.10 Å². The first-order valence-electron chi connectivity index (χ1n) is 6.21. The number of nitrogens with zero attached hydrogens (tertiary/aromatic N) is 2. The van der Waals surface area contributed by atoms with Crippen molar-refractivity contribution in [2.75, 3.05) is 0 Å². The van der Waals surface area contributed by atoms with Crippen LogP contribution in [0.4, 0.5) is 0 Å². The number of rotatable bonds is 5. The summed E-state index contributed by atoms with van der Waals surface area (Å²) in [5.74, 6) is 5.76. The first kappa shape index (κ1) is 16.0. The molecule has 1 aromatic heterocycles. The van der Waals surface area contributed by atoms with E-state index in [-0.39, 0.29) is 6.04 Å². The van der Waals surface area contributed by atoms with Gasteiger partial charge < -0.3 is 0 Å². The van der Waals surface area contributed by atoms with Crippen LogP contribution in [0.2, 0.25) is 5.02 Å². The van der Waals surface area contributed by atoms with Crippen molar-refractivity contribution in [3.05, 3.63) is 49.6 Å². The molecule has 0 radical (unpaired) electrons. The third-order valence-electron chi connectivity index (χ3n) is 3.00. The Balaban J connectivity index is 2.52. The predicted octanol–water partition coefficient (Wildman–Crippen LogP) is 4.02. The third kappa shape index (κ3) is 3.09. The number of aromatic nitrogens is 2. The fraction of sp³-hybridized carbons (Fsp3) is 0.308. The first-order chi connectivity index (χ1) is 9.60. The van der Waals surface area contributed by atoms with Gasteiger partial charge in [-0.1, -0.05) is 30.7 Å². The maximum absolute atomic E-state index is 6.38. The van der Waals surface area contributed by atoms with E-state index < -0.39 is 0 Å². The average molecular weight is 423 g/mol. The summed E-state index contributed by atoms with van der Waals surface area (Å²) >= 11 is 13.4. The quantitative estimate of drug-likeness (QED) is 0.565. The van der Waals surface area contributed by atoms with E-state index in [1.165, 1.54) is 0 Å². The molecule has 0 aliphatic rings. The van der Waals surface area contributed by atoms with Gasteiger partial charge in [-0.3, -0.25) is 10.5 Å². The molecule has 0 saturated carbocycles. The molecule has 2 aromatic rings. The lowest BCUT2D eigenvalue weighted by atomic mass is 10.0. The summed E-state index contributed by atoms with van der Waals surface area (Å²) in [5, 5.41) is 5.02.